The van der Waals surface area contributed by atoms with Crippen molar-refractivity contribution in [3.8, 4) is 0 Å². The lowest BCUT2D eigenvalue weighted by molar-refractivity contribution is 0.259. The Labute approximate surface area is 91.1 Å². The van der Waals surface area contributed by atoms with Gasteiger partial charge in [0.15, 0.2) is 0 Å². The normalized spacial score (nSPS) is 16.2. The van der Waals surface area contributed by atoms with E-state index < -0.39 is 0 Å². The Kier molecular flexibility index (Phi) is 3.38. The standard InChI is InChI=1S/C11H20N4/c1-10-13-5-7-14(10)8-9-15(6-4-12)11-2-3-11/h5,7,11H,2-4,6,8-9,12H2,1H3. The number of hydrogen-bond acceptors (Lipinski definition) is 3. The molecule has 0 radical (unpaired) electrons. The second-order valence-corrected chi connectivity index (χ2v) is 4.22. The van der Waals surface area contributed by atoms with Crippen molar-refractivity contribution in [1.29, 1.82) is 0 Å². The highest BCUT2D eigenvalue weighted by atomic mass is 15.2. The number of nitrogens with zero attached hydrogens (tertiary/aromatic N) is 3. The fourth-order valence-electron chi connectivity index (χ4n) is 1.96. The van der Waals surface area contributed by atoms with Crippen molar-refractivity contribution in [2.75, 3.05) is 19.6 Å². The molecular weight excluding hydrogens is 188 g/mol. The Morgan fingerprint density at radius 3 is 2.87 bits per heavy atom. The van der Waals surface area contributed by atoms with Gasteiger partial charge in [-0.25, -0.2) is 4.98 Å². The van der Waals surface area contributed by atoms with Crippen molar-refractivity contribution in [3.63, 3.8) is 0 Å². The zero-order valence-electron chi connectivity index (χ0n) is 9.39. The molecule has 4 heteroatoms. The SMILES string of the molecule is Cc1nccn1CCN(CCN)C1CC1. The van der Waals surface area contributed by atoms with Gasteiger partial charge in [0.25, 0.3) is 0 Å². The molecule has 0 amide bonds. The summed E-state index contributed by atoms with van der Waals surface area (Å²) in [6.07, 6.45) is 6.61. The number of aromatic nitrogens is 2. The molecule has 0 saturated heterocycles. The molecule has 0 unspecified atom stereocenters. The number of nitrogens with two attached hydrogens (primary N) is 1. The molecule has 1 aromatic heterocycles. The summed E-state index contributed by atoms with van der Waals surface area (Å²) < 4.78 is 2.20. The van der Waals surface area contributed by atoms with Gasteiger partial charge >= 0.3 is 0 Å². The molecule has 4 nitrogen and oxygen atoms in total. The first-order valence-electron chi connectivity index (χ1n) is 5.73. The van der Waals surface area contributed by atoms with E-state index in [9.17, 15) is 0 Å². The first-order chi connectivity index (χ1) is 7.31. The highest BCUT2D eigenvalue weighted by Gasteiger charge is 2.27. The number of imidazole rings is 1. The van der Waals surface area contributed by atoms with Gasteiger partial charge < -0.3 is 10.3 Å². The van der Waals surface area contributed by atoms with Crippen LogP contribution in [0, 0.1) is 6.92 Å². The van der Waals surface area contributed by atoms with E-state index in [2.05, 4.69) is 14.5 Å². The monoisotopic (exact) mass is 208 g/mol. The van der Waals surface area contributed by atoms with Crippen molar-refractivity contribution in [1.82, 2.24) is 14.5 Å². The summed E-state index contributed by atoms with van der Waals surface area (Å²) in [7, 11) is 0. The summed E-state index contributed by atoms with van der Waals surface area (Å²) in [5.41, 5.74) is 5.61. The van der Waals surface area contributed by atoms with Gasteiger partial charge in [-0.05, 0) is 19.8 Å². The Bertz CT molecular complexity index is 303. The quantitative estimate of drug-likeness (QED) is 0.745. The molecule has 2 N–H and O–H groups in total. The van der Waals surface area contributed by atoms with Crippen LogP contribution in [0.3, 0.4) is 0 Å². The maximum Gasteiger partial charge on any atom is 0.105 e. The molecule has 1 heterocycles. The number of hydrogen-bond donors (Lipinski definition) is 1. The molecule has 0 atom stereocenters. The molecule has 1 aliphatic rings. The summed E-state index contributed by atoms with van der Waals surface area (Å²) in [5.74, 6) is 1.10. The summed E-state index contributed by atoms with van der Waals surface area (Å²) in [6.45, 7) is 5.96. The van der Waals surface area contributed by atoms with E-state index in [0.29, 0.717) is 0 Å². The fourth-order valence-corrected chi connectivity index (χ4v) is 1.96. The van der Waals surface area contributed by atoms with E-state index in [1.54, 1.807) is 0 Å². The van der Waals surface area contributed by atoms with Crippen LogP contribution < -0.4 is 5.73 Å². The van der Waals surface area contributed by atoms with Gasteiger partial charge in [-0.1, -0.05) is 0 Å². The largest absolute Gasteiger partial charge is 0.334 e. The molecule has 1 saturated carbocycles. The van der Waals surface area contributed by atoms with Crippen LogP contribution in [0.15, 0.2) is 12.4 Å². The molecule has 1 fully saturated rings. The smallest absolute Gasteiger partial charge is 0.105 e. The van der Waals surface area contributed by atoms with Crippen molar-refractivity contribution in [2.45, 2.75) is 32.4 Å². The minimum Gasteiger partial charge on any atom is -0.334 e. The van der Waals surface area contributed by atoms with E-state index in [1.165, 1.54) is 12.8 Å². The molecule has 2 rings (SSSR count). The third-order valence-corrected chi connectivity index (χ3v) is 3.03. The van der Waals surface area contributed by atoms with Crippen LogP contribution in [0.5, 0.6) is 0 Å². The van der Waals surface area contributed by atoms with Gasteiger partial charge in [0.05, 0.1) is 0 Å². The lowest BCUT2D eigenvalue weighted by atomic mass is 10.4. The van der Waals surface area contributed by atoms with Crippen molar-refractivity contribution in [3.05, 3.63) is 18.2 Å². The average molecular weight is 208 g/mol. The van der Waals surface area contributed by atoms with E-state index in [1.807, 2.05) is 19.3 Å². The molecule has 84 valence electrons. The first-order valence-corrected chi connectivity index (χ1v) is 5.73. The molecule has 0 bridgehead atoms. The molecule has 1 aromatic rings. The fraction of sp³-hybridized carbons (Fsp3) is 0.727. The molecular formula is C11H20N4. The van der Waals surface area contributed by atoms with Gasteiger partial charge in [0, 0.05) is 44.6 Å². The Morgan fingerprint density at radius 2 is 2.33 bits per heavy atom. The highest BCUT2D eigenvalue weighted by molar-refractivity contribution is 4.90. The minimum absolute atomic E-state index is 0.763. The zero-order chi connectivity index (χ0) is 10.7. The maximum atomic E-state index is 5.61. The average Bonchev–Trinajstić information content (AvgIpc) is 2.98. The molecule has 1 aliphatic carbocycles. The zero-order valence-corrected chi connectivity index (χ0v) is 9.39. The molecule has 0 aromatic carbocycles. The number of rotatable bonds is 6. The summed E-state index contributed by atoms with van der Waals surface area (Å²) in [6, 6.07) is 0.803. The third-order valence-electron chi connectivity index (χ3n) is 3.03. The summed E-state index contributed by atoms with van der Waals surface area (Å²) >= 11 is 0. The maximum absolute atomic E-state index is 5.61. The van der Waals surface area contributed by atoms with E-state index >= 15 is 0 Å². The van der Waals surface area contributed by atoms with E-state index in [4.69, 9.17) is 5.73 Å². The van der Waals surface area contributed by atoms with E-state index in [0.717, 1.165) is 38.0 Å². The van der Waals surface area contributed by atoms with Gasteiger partial charge in [-0.15, -0.1) is 0 Å². The predicted molar refractivity (Wildman–Crippen MR) is 60.6 cm³/mol. The Balaban J connectivity index is 1.82. The molecule has 15 heavy (non-hydrogen) atoms. The predicted octanol–water partition coefficient (Wildman–Crippen LogP) is 0.615. The van der Waals surface area contributed by atoms with Gasteiger partial charge in [0.2, 0.25) is 0 Å². The van der Waals surface area contributed by atoms with Crippen molar-refractivity contribution < 1.29 is 0 Å². The lowest BCUT2D eigenvalue weighted by Gasteiger charge is -2.21. The Hall–Kier alpha value is -0.870. The Morgan fingerprint density at radius 1 is 1.53 bits per heavy atom. The highest BCUT2D eigenvalue weighted by Crippen LogP contribution is 2.26. The summed E-state index contributed by atoms with van der Waals surface area (Å²) in [5, 5.41) is 0. The minimum atomic E-state index is 0.763. The van der Waals surface area contributed by atoms with Crippen LogP contribution in [0.4, 0.5) is 0 Å². The second kappa shape index (κ2) is 4.77. The lowest BCUT2D eigenvalue weighted by Crippen LogP contribution is -2.34. The topological polar surface area (TPSA) is 47.1 Å². The van der Waals surface area contributed by atoms with Crippen LogP contribution in [0.2, 0.25) is 0 Å². The van der Waals surface area contributed by atoms with Crippen LogP contribution in [-0.2, 0) is 6.54 Å². The number of aryl methyl sites for hydroxylation is 1. The first kappa shape index (κ1) is 10.6. The van der Waals surface area contributed by atoms with E-state index in [-0.39, 0.29) is 0 Å². The van der Waals surface area contributed by atoms with Gasteiger partial charge in [-0.3, -0.25) is 4.90 Å². The molecule has 0 spiro atoms. The van der Waals surface area contributed by atoms with Gasteiger partial charge in [0.1, 0.15) is 5.82 Å². The van der Waals surface area contributed by atoms with Crippen LogP contribution >= 0.6 is 0 Å². The second-order valence-electron chi connectivity index (χ2n) is 4.22. The van der Waals surface area contributed by atoms with Crippen molar-refractivity contribution >= 4 is 0 Å². The van der Waals surface area contributed by atoms with Crippen LogP contribution in [-0.4, -0.2) is 40.1 Å². The van der Waals surface area contributed by atoms with Crippen LogP contribution in [0.25, 0.3) is 0 Å². The third kappa shape index (κ3) is 2.79. The van der Waals surface area contributed by atoms with Crippen LogP contribution in [0.1, 0.15) is 18.7 Å². The van der Waals surface area contributed by atoms with Crippen molar-refractivity contribution in [2.24, 2.45) is 5.73 Å². The molecule has 0 aliphatic heterocycles. The van der Waals surface area contributed by atoms with Gasteiger partial charge in [-0.2, -0.15) is 0 Å². The summed E-state index contributed by atoms with van der Waals surface area (Å²) in [4.78, 5) is 6.72.